The highest BCUT2D eigenvalue weighted by atomic mass is 16.4. The van der Waals surface area contributed by atoms with Crippen LogP contribution in [0.5, 0.6) is 0 Å². The van der Waals surface area contributed by atoms with Gasteiger partial charge < -0.3 is 15.3 Å². The van der Waals surface area contributed by atoms with E-state index in [4.69, 9.17) is 5.11 Å². The first kappa shape index (κ1) is 15.0. The summed E-state index contributed by atoms with van der Waals surface area (Å²) in [6.07, 6.45) is 0.357. The van der Waals surface area contributed by atoms with Crippen molar-refractivity contribution in [2.75, 3.05) is 25.0 Å². The Morgan fingerprint density at radius 2 is 1.84 bits per heavy atom. The predicted octanol–water partition coefficient (Wildman–Crippen LogP) is 2.06. The van der Waals surface area contributed by atoms with Crippen LogP contribution >= 0.6 is 0 Å². The van der Waals surface area contributed by atoms with E-state index in [1.54, 1.807) is 23.1 Å². The Hall–Kier alpha value is -2.04. The van der Waals surface area contributed by atoms with Crippen molar-refractivity contribution in [3.8, 4) is 0 Å². The molecule has 104 valence electrons. The van der Waals surface area contributed by atoms with Gasteiger partial charge in [0.05, 0.1) is 5.56 Å². The second-order valence-corrected chi connectivity index (χ2v) is 4.09. The van der Waals surface area contributed by atoms with Crippen LogP contribution in [0.25, 0.3) is 0 Å². The van der Waals surface area contributed by atoms with Crippen LogP contribution in [0, 0.1) is 0 Å². The molecule has 0 bridgehead atoms. The number of hydrogen-bond acceptors (Lipinski definition) is 3. The van der Waals surface area contributed by atoms with Crippen molar-refractivity contribution in [2.45, 2.75) is 20.3 Å². The normalized spacial score (nSPS) is 10.0. The first-order valence-corrected chi connectivity index (χ1v) is 6.44. The van der Waals surface area contributed by atoms with Gasteiger partial charge in [-0.05, 0) is 26.0 Å². The molecular formula is C14H20N2O3. The van der Waals surface area contributed by atoms with E-state index in [0.29, 0.717) is 31.7 Å². The van der Waals surface area contributed by atoms with E-state index in [2.05, 4.69) is 5.32 Å². The molecule has 2 N–H and O–H groups in total. The maximum atomic E-state index is 11.8. The summed E-state index contributed by atoms with van der Waals surface area (Å²) in [6, 6.07) is 6.68. The van der Waals surface area contributed by atoms with Gasteiger partial charge >= 0.3 is 5.97 Å². The standard InChI is InChI=1S/C14H20N2O3/c1-3-16(4-2)13(17)9-10-15-12-8-6-5-7-11(12)14(18)19/h5-8,15H,3-4,9-10H2,1-2H3,(H,18,19). The Balaban J connectivity index is 2.54. The fourth-order valence-electron chi connectivity index (χ4n) is 1.86. The molecule has 0 aliphatic carbocycles. The van der Waals surface area contributed by atoms with E-state index in [0.717, 1.165) is 0 Å². The maximum Gasteiger partial charge on any atom is 0.337 e. The average Bonchev–Trinajstić information content (AvgIpc) is 2.40. The van der Waals surface area contributed by atoms with Crippen LogP contribution in [0.2, 0.25) is 0 Å². The molecule has 0 fully saturated rings. The van der Waals surface area contributed by atoms with Crippen LogP contribution in [0.1, 0.15) is 30.6 Å². The van der Waals surface area contributed by atoms with Crippen molar-refractivity contribution in [3.63, 3.8) is 0 Å². The average molecular weight is 264 g/mol. The molecule has 1 rings (SSSR count). The first-order valence-electron chi connectivity index (χ1n) is 6.44. The number of amides is 1. The van der Waals surface area contributed by atoms with E-state index in [1.807, 2.05) is 13.8 Å². The summed E-state index contributed by atoms with van der Waals surface area (Å²) in [5, 5.41) is 12.0. The molecule has 0 saturated carbocycles. The van der Waals surface area contributed by atoms with Gasteiger partial charge in [-0.15, -0.1) is 0 Å². The zero-order valence-corrected chi connectivity index (χ0v) is 11.3. The lowest BCUT2D eigenvalue weighted by atomic mass is 10.2. The highest BCUT2D eigenvalue weighted by Crippen LogP contribution is 2.14. The van der Waals surface area contributed by atoms with Crippen molar-refractivity contribution >= 4 is 17.6 Å². The van der Waals surface area contributed by atoms with Crippen LogP contribution in [0.4, 0.5) is 5.69 Å². The number of carbonyl (C=O) groups excluding carboxylic acids is 1. The van der Waals surface area contributed by atoms with Gasteiger partial charge in [-0.3, -0.25) is 4.79 Å². The molecular weight excluding hydrogens is 244 g/mol. The van der Waals surface area contributed by atoms with Crippen molar-refractivity contribution in [1.82, 2.24) is 4.90 Å². The second-order valence-electron chi connectivity index (χ2n) is 4.09. The number of carboxylic acids is 1. The second kappa shape index (κ2) is 7.41. The monoisotopic (exact) mass is 264 g/mol. The molecule has 19 heavy (non-hydrogen) atoms. The molecule has 0 aromatic heterocycles. The lowest BCUT2D eigenvalue weighted by Crippen LogP contribution is -2.31. The molecule has 1 aromatic rings. The largest absolute Gasteiger partial charge is 0.478 e. The molecule has 0 spiro atoms. The number of anilines is 1. The first-order chi connectivity index (χ1) is 9.10. The summed E-state index contributed by atoms with van der Waals surface area (Å²) in [4.78, 5) is 24.5. The molecule has 5 heteroatoms. The van der Waals surface area contributed by atoms with E-state index in [9.17, 15) is 9.59 Å². The molecule has 1 amide bonds. The summed E-state index contributed by atoms with van der Waals surface area (Å²) in [5.74, 6) is -0.900. The predicted molar refractivity (Wildman–Crippen MR) is 74.4 cm³/mol. The van der Waals surface area contributed by atoms with Crippen LogP contribution < -0.4 is 5.32 Å². The summed E-state index contributed by atoms with van der Waals surface area (Å²) < 4.78 is 0. The number of nitrogens with one attached hydrogen (secondary N) is 1. The number of nitrogens with zero attached hydrogens (tertiary/aromatic N) is 1. The van der Waals surface area contributed by atoms with Crippen LogP contribution in [-0.4, -0.2) is 41.5 Å². The van der Waals surface area contributed by atoms with Crippen LogP contribution in [0.3, 0.4) is 0 Å². The zero-order valence-electron chi connectivity index (χ0n) is 11.3. The Bertz CT molecular complexity index is 442. The van der Waals surface area contributed by atoms with Gasteiger partial charge in [-0.2, -0.15) is 0 Å². The van der Waals surface area contributed by atoms with Gasteiger partial charge in [0.1, 0.15) is 0 Å². The van der Waals surface area contributed by atoms with E-state index < -0.39 is 5.97 Å². The van der Waals surface area contributed by atoms with Gasteiger partial charge in [0.2, 0.25) is 5.91 Å². The third kappa shape index (κ3) is 4.28. The third-order valence-corrected chi connectivity index (χ3v) is 2.93. The van der Waals surface area contributed by atoms with E-state index in [1.165, 1.54) is 6.07 Å². The highest BCUT2D eigenvalue weighted by molar-refractivity contribution is 5.94. The smallest absolute Gasteiger partial charge is 0.337 e. The number of carbonyl (C=O) groups is 2. The fraction of sp³-hybridized carbons (Fsp3) is 0.429. The number of hydrogen-bond donors (Lipinski definition) is 2. The topological polar surface area (TPSA) is 69.6 Å². The molecule has 1 aromatic carbocycles. The van der Waals surface area contributed by atoms with Crippen molar-refractivity contribution in [2.24, 2.45) is 0 Å². The summed E-state index contributed by atoms with van der Waals surface area (Å²) in [5.41, 5.74) is 0.764. The van der Waals surface area contributed by atoms with Crippen LogP contribution in [0.15, 0.2) is 24.3 Å². The number of benzene rings is 1. The molecule has 0 aliphatic rings. The maximum absolute atomic E-state index is 11.8. The molecule has 0 heterocycles. The SMILES string of the molecule is CCN(CC)C(=O)CCNc1ccccc1C(=O)O. The third-order valence-electron chi connectivity index (χ3n) is 2.93. The molecule has 0 aliphatic heterocycles. The van der Waals surface area contributed by atoms with Crippen molar-refractivity contribution < 1.29 is 14.7 Å². The minimum Gasteiger partial charge on any atom is -0.478 e. The quantitative estimate of drug-likeness (QED) is 0.791. The molecule has 0 unspecified atom stereocenters. The van der Waals surface area contributed by atoms with Gasteiger partial charge in [0.15, 0.2) is 0 Å². The van der Waals surface area contributed by atoms with E-state index >= 15 is 0 Å². The van der Waals surface area contributed by atoms with Gasteiger partial charge in [0, 0.05) is 31.7 Å². The number of rotatable bonds is 7. The molecule has 0 radical (unpaired) electrons. The van der Waals surface area contributed by atoms with Gasteiger partial charge in [-0.25, -0.2) is 4.79 Å². The Labute approximate surface area is 113 Å². The van der Waals surface area contributed by atoms with Gasteiger partial charge in [-0.1, -0.05) is 12.1 Å². The summed E-state index contributed by atoms with van der Waals surface area (Å²) >= 11 is 0. The number of aromatic carboxylic acids is 1. The molecule has 0 saturated heterocycles. The Morgan fingerprint density at radius 1 is 1.21 bits per heavy atom. The lowest BCUT2D eigenvalue weighted by molar-refractivity contribution is -0.130. The summed E-state index contributed by atoms with van der Waals surface area (Å²) in [6.45, 7) is 5.70. The summed E-state index contributed by atoms with van der Waals surface area (Å²) in [7, 11) is 0. The van der Waals surface area contributed by atoms with E-state index in [-0.39, 0.29) is 11.5 Å². The van der Waals surface area contributed by atoms with Crippen molar-refractivity contribution in [3.05, 3.63) is 29.8 Å². The van der Waals surface area contributed by atoms with Gasteiger partial charge in [0.25, 0.3) is 0 Å². The molecule has 5 nitrogen and oxygen atoms in total. The Kier molecular flexibility index (Phi) is 5.85. The lowest BCUT2D eigenvalue weighted by Gasteiger charge is -2.18. The number of para-hydroxylation sites is 1. The minimum absolute atomic E-state index is 0.0744. The highest BCUT2D eigenvalue weighted by Gasteiger charge is 2.11. The minimum atomic E-state index is -0.974. The van der Waals surface area contributed by atoms with Crippen LogP contribution in [-0.2, 0) is 4.79 Å². The molecule has 0 atom stereocenters. The number of carboxylic acid groups (broad SMARTS) is 1. The fourth-order valence-corrected chi connectivity index (χ4v) is 1.86. The van der Waals surface area contributed by atoms with Crippen molar-refractivity contribution in [1.29, 1.82) is 0 Å². The zero-order chi connectivity index (χ0) is 14.3. The Morgan fingerprint density at radius 3 is 2.42 bits per heavy atom.